The van der Waals surface area contributed by atoms with Gasteiger partial charge in [-0.3, -0.25) is 4.79 Å². The van der Waals surface area contributed by atoms with Crippen molar-refractivity contribution in [2.45, 2.75) is 39.0 Å². The van der Waals surface area contributed by atoms with Crippen molar-refractivity contribution in [2.24, 2.45) is 0 Å². The van der Waals surface area contributed by atoms with Crippen LogP contribution < -0.4 is 4.74 Å². The van der Waals surface area contributed by atoms with E-state index in [1.165, 1.54) is 0 Å². The molecule has 0 saturated heterocycles. The van der Waals surface area contributed by atoms with Gasteiger partial charge in [-0.05, 0) is 41.3 Å². The average molecular weight is 348 g/mol. The third-order valence-electron chi connectivity index (χ3n) is 4.71. The molecule has 0 fully saturated rings. The molecule has 0 N–H and O–H groups in total. The van der Waals surface area contributed by atoms with Crippen LogP contribution in [0.5, 0.6) is 5.75 Å². The van der Waals surface area contributed by atoms with E-state index in [0.29, 0.717) is 24.2 Å². The summed E-state index contributed by atoms with van der Waals surface area (Å²) in [7, 11) is 0. The van der Waals surface area contributed by atoms with Gasteiger partial charge in [-0.25, -0.2) is 4.79 Å². The van der Waals surface area contributed by atoms with E-state index in [1.807, 2.05) is 51.1 Å². The Balaban J connectivity index is 2.04. The standard InChI is InChI=1S/C22H20O4/c1-5-14-11-15(7-9-17(14)21(24)25-6-2)16-8-10-19-18(12-16)22(3,4)13-20(23)26-19/h2,7-12H,5,13H2,1,3-4H3. The van der Waals surface area contributed by atoms with Crippen LogP contribution in [0.3, 0.4) is 0 Å². The zero-order chi connectivity index (χ0) is 18.9. The SMILES string of the molecule is C#COC(=O)c1ccc(-c2ccc3c(c2)C(C)(C)CC(=O)O3)cc1CC. The van der Waals surface area contributed by atoms with E-state index < -0.39 is 5.97 Å². The minimum atomic E-state index is -0.519. The fourth-order valence-electron chi connectivity index (χ4n) is 3.32. The number of fused-ring (bicyclic) bond motifs is 1. The zero-order valence-electron chi connectivity index (χ0n) is 15.1. The fraction of sp³-hybridized carbons (Fsp3) is 0.273. The molecule has 1 heterocycles. The maximum atomic E-state index is 12.0. The van der Waals surface area contributed by atoms with Crippen LogP contribution in [-0.4, -0.2) is 11.9 Å². The average Bonchev–Trinajstić information content (AvgIpc) is 2.60. The van der Waals surface area contributed by atoms with Crippen molar-refractivity contribution in [1.82, 2.24) is 0 Å². The van der Waals surface area contributed by atoms with Crippen molar-refractivity contribution in [3.63, 3.8) is 0 Å². The summed E-state index contributed by atoms with van der Waals surface area (Å²) < 4.78 is 10.0. The minimum Gasteiger partial charge on any atom is -0.426 e. The highest BCUT2D eigenvalue weighted by Crippen LogP contribution is 2.41. The first-order valence-corrected chi connectivity index (χ1v) is 8.51. The van der Waals surface area contributed by atoms with E-state index >= 15 is 0 Å². The van der Waals surface area contributed by atoms with Gasteiger partial charge in [-0.15, -0.1) is 0 Å². The van der Waals surface area contributed by atoms with Crippen LogP contribution in [0, 0.1) is 12.5 Å². The van der Waals surface area contributed by atoms with E-state index in [4.69, 9.17) is 11.2 Å². The van der Waals surface area contributed by atoms with Crippen molar-refractivity contribution in [3.05, 3.63) is 53.1 Å². The van der Waals surface area contributed by atoms with E-state index in [9.17, 15) is 9.59 Å². The molecule has 0 bridgehead atoms. The Morgan fingerprint density at radius 3 is 2.62 bits per heavy atom. The van der Waals surface area contributed by atoms with Gasteiger partial charge in [0.15, 0.2) is 0 Å². The molecule has 3 rings (SSSR count). The van der Waals surface area contributed by atoms with Crippen LogP contribution in [0.2, 0.25) is 0 Å². The fourth-order valence-corrected chi connectivity index (χ4v) is 3.32. The minimum absolute atomic E-state index is 0.208. The molecule has 0 amide bonds. The highest BCUT2D eigenvalue weighted by atomic mass is 16.5. The first kappa shape index (κ1) is 17.8. The smallest absolute Gasteiger partial charge is 0.352 e. The Morgan fingerprint density at radius 2 is 1.92 bits per heavy atom. The van der Waals surface area contributed by atoms with E-state index in [1.54, 1.807) is 6.07 Å². The second kappa shape index (κ2) is 6.68. The Morgan fingerprint density at radius 1 is 1.23 bits per heavy atom. The lowest BCUT2D eigenvalue weighted by Gasteiger charge is -2.31. The molecule has 0 radical (unpaired) electrons. The molecular weight excluding hydrogens is 328 g/mol. The van der Waals surface area contributed by atoms with Gasteiger partial charge in [-0.2, -0.15) is 0 Å². The molecule has 0 saturated carbocycles. The van der Waals surface area contributed by atoms with Crippen molar-refractivity contribution >= 4 is 11.9 Å². The maximum absolute atomic E-state index is 12.0. The van der Waals surface area contributed by atoms with Crippen molar-refractivity contribution in [1.29, 1.82) is 0 Å². The molecule has 0 spiro atoms. The second-order valence-corrected chi connectivity index (χ2v) is 6.98. The number of esters is 2. The van der Waals surface area contributed by atoms with Gasteiger partial charge in [0, 0.05) is 11.0 Å². The Bertz CT molecular complexity index is 932. The van der Waals surface area contributed by atoms with E-state index in [2.05, 4.69) is 10.8 Å². The van der Waals surface area contributed by atoms with Crippen molar-refractivity contribution in [3.8, 4) is 29.4 Å². The largest absolute Gasteiger partial charge is 0.426 e. The summed E-state index contributed by atoms with van der Waals surface area (Å²) in [6, 6.07) is 11.4. The zero-order valence-corrected chi connectivity index (χ0v) is 15.1. The Kier molecular flexibility index (Phi) is 4.56. The second-order valence-electron chi connectivity index (χ2n) is 6.98. The van der Waals surface area contributed by atoms with Gasteiger partial charge in [0.1, 0.15) is 11.9 Å². The number of hydrogen-bond acceptors (Lipinski definition) is 4. The van der Waals surface area contributed by atoms with Crippen LogP contribution in [0.4, 0.5) is 0 Å². The molecule has 4 nitrogen and oxygen atoms in total. The number of aryl methyl sites for hydroxylation is 1. The lowest BCUT2D eigenvalue weighted by molar-refractivity contribution is -0.136. The van der Waals surface area contributed by atoms with Gasteiger partial charge in [0.25, 0.3) is 0 Å². The summed E-state index contributed by atoms with van der Waals surface area (Å²) in [5.74, 6) is -0.116. The highest BCUT2D eigenvalue weighted by Gasteiger charge is 2.33. The summed E-state index contributed by atoms with van der Waals surface area (Å²) in [5.41, 5.74) is 4.04. The summed E-state index contributed by atoms with van der Waals surface area (Å²) in [5, 5.41) is 0. The summed E-state index contributed by atoms with van der Waals surface area (Å²) in [4.78, 5) is 23.7. The molecule has 2 aromatic rings. The van der Waals surface area contributed by atoms with Crippen molar-refractivity contribution < 1.29 is 19.1 Å². The molecule has 0 aliphatic carbocycles. The molecular formula is C22H20O4. The number of benzene rings is 2. The number of carbonyl (C=O) groups excluding carboxylic acids is 2. The van der Waals surface area contributed by atoms with Gasteiger partial charge < -0.3 is 9.47 Å². The number of terminal acetylenes is 1. The highest BCUT2D eigenvalue weighted by molar-refractivity contribution is 5.92. The molecule has 0 unspecified atom stereocenters. The molecule has 2 aromatic carbocycles. The molecule has 0 aromatic heterocycles. The Labute approximate surface area is 153 Å². The van der Waals surface area contributed by atoms with Gasteiger partial charge in [0.2, 0.25) is 0 Å². The normalized spacial score (nSPS) is 14.8. The molecule has 132 valence electrons. The molecule has 0 atom stereocenters. The predicted octanol–water partition coefficient (Wildman–Crippen LogP) is 4.25. The van der Waals surface area contributed by atoms with Crippen LogP contribution in [0.25, 0.3) is 11.1 Å². The van der Waals surface area contributed by atoms with E-state index in [0.717, 1.165) is 22.3 Å². The first-order valence-electron chi connectivity index (χ1n) is 8.51. The third kappa shape index (κ3) is 3.21. The van der Waals surface area contributed by atoms with Crippen LogP contribution in [-0.2, 0) is 21.4 Å². The first-order chi connectivity index (χ1) is 12.4. The summed E-state index contributed by atoms with van der Waals surface area (Å²) >= 11 is 0. The molecule has 1 aliphatic rings. The van der Waals surface area contributed by atoms with Gasteiger partial charge >= 0.3 is 11.9 Å². The van der Waals surface area contributed by atoms with Gasteiger partial charge in [-0.1, -0.05) is 45.4 Å². The van der Waals surface area contributed by atoms with Gasteiger partial charge in [0.05, 0.1) is 12.0 Å². The quantitative estimate of drug-likeness (QED) is 0.473. The number of hydrogen-bond donors (Lipinski definition) is 0. The molecule has 4 heteroatoms. The van der Waals surface area contributed by atoms with Crippen molar-refractivity contribution in [2.75, 3.05) is 0 Å². The topological polar surface area (TPSA) is 52.6 Å². The number of rotatable bonds is 3. The predicted molar refractivity (Wildman–Crippen MR) is 98.8 cm³/mol. The lowest BCUT2D eigenvalue weighted by Crippen LogP contribution is -2.30. The summed E-state index contributed by atoms with van der Waals surface area (Å²) in [6.45, 7) is 6.04. The van der Waals surface area contributed by atoms with Crippen LogP contribution in [0.15, 0.2) is 36.4 Å². The molecule has 1 aliphatic heterocycles. The Hall–Kier alpha value is -3.06. The lowest BCUT2D eigenvalue weighted by atomic mass is 9.78. The number of carbonyl (C=O) groups is 2. The van der Waals surface area contributed by atoms with Crippen LogP contribution in [0.1, 0.15) is 48.7 Å². The number of ether oxygens (including phenoxy) is 2. The third-order valence-corrected chi connectivity index (χ3v) is 4.71. The van der Waals surface area contributed by atoms with E-state index in [-0.39, 0.29) is 11.4 Å². The van der Waals surface area contributed by atoms with Crippen LogP contribution >= 0.6 is 0 Å². The monoisotopic (exact) mass is 348 g/mol. The molecule has 26 heavy (non-hydrogen) atoms. The maximum Gasteiger partial charge on any atom is 0.352 e. The summed E-state index contributed by atoms with van der Waals surface area (Å²) in [6.07, 6.45) is 7.99.